The highest BCUT2D eigenvalue weighted by atomic mass is 19.3. The van der Waals surface area contributed by atoms with E-state index in [1.54, 1.807) is 32.2 Å². The molecule has 0 spiro atoms. The van der Waals surface area contributed by atoms with Gasteiger partial charge in [-0.25, -0.2) is 28.1 Å². The Morgan fingerprint density at radius 2 is 1.70 bits per heavy atom. The summed E-state index contributed by atoms with van der Waals surface area (Å²) in [4.78, 5) is 20.8. The van der Waals surface area contributed by atoms with Crippen molar-refractivity contribution in [2.24, 2.45) is 0 Å². The molecule has 0 aliphatic heterocycles. The topological polar surface area (TPSA) is 99.7 Å². The summed E-state index contributed by atoms with van der Waals surface area (Å²) in [6.45, 7) is 3.38. The monoisotopic (exact) mass is 452 g/mol. The second-order valence-electron chi connectivity index (χ2n) is 7.22. The lowest BCUT2D eigenvalue weighted by Crippen LogP contribution is -2.07. The molecular formula is C23H19F3N6O. The van der Waals surface area contributed by atoms with E-state index < -0.39 is 17.9 Å². The van der Waals surface area contributed by atoms with Gasteiger partial charge in [-0.2, -0.15) is 4.98 Å². The van der Waals surface area contributed by atoms with Crippen LogP contribution in [0, 0.1) is 19.7 Å². The molecule has 0 atom stereocenters. The van der Waals surface area contributed by atoms with Gasteiger partial charge in [0.2, 0.25) is 11.8 Å². The van der Waals surface area contributed by atoms with Crippen LogP contribution in [0.4, 0.5) is 19.1 Å². The first-order valence-corrected chi connectivity index (χ1v) is 9.92. The van der Waals surface area contributed by atoms with Gasteiger partial charge in [0.15, 0.2) is 0 Å². The van der Waals surface area contributed by atoms with Crippen molar-refractivity contribution >= 4 is 5.95 Å². The summed E-state index contributed by atoms with van der Waals surface area (Å²) < 4.78 is 46.4. The van der Waals surface area contributed by atoms with Crippen LogP contribution in [0.3, 0.4) is 0 Å². The van der Waals surface area contributed by atoms with Crippen LogP contribution >= 0.6 is 0 Å². The van der Waals surface area contributed by atoms with Gasteiger partial charge in [0, 0.05) is 17.5 Å². The van der Waals surface area contributed by atoms with Gasteiger partial charge >= 0.3 is 0 Å². The van der Waals surface area contributed by atoms with Gasteiger partial charge in [-0.05, 0) is 61.9 Å². The predicted molar refractivity (Wildman–Crippen MR) is 116 cm³/mol. The molecule has 0 fully saturated rings. The highest BCUT2D eigenvalue weighted by Gasteiger charge is 2.21. The van der Waals surface area contributed by atoms with Gasteiger partial charge in [-0.15, -0.1) is 0 Å². The lowest BCUT2D eigenvalue weighted by atomic mass is 9.99. The van der Waals surface area contributed by atoms with Crippen molar-refractivity contribution < 1.29 is 17.9 Å². The number of hydrogen-bond acceptors (Lipinski definition) is 7. The largest absolute Gasteiger partial charge is 0.471 e. The number of aromatic nitrogens is 5. The molecule has 10 heteroatoms. The number of benzene rings is 1. The summed E-state index contributed by atoms with van der Waals surface area (Å²) in [6.07, 6.45) is -1.18. The molecule has 0 aliphatic carbocycles. The predicted octanol–water partition coefficient (Wildman–Crippen LogP) is 4.85. The number of nitrogens with zero attached hydrogens (tertiary/aromatic N) is 5. The van der Waals surface area contributed by atoms with Crippen molar-refractivity contribution in [1.82, 2.24) is 24.9 Å². The molecule has 0 radical (unpaired) electrons. The number of rotatable bonds is 6. The number of anilines is 1. The van der Waals surface area contributed by atoms with Crippen LogP contribution in [0.15, 0.2) is 48.7 Å². The van der Waals surface area contributed by atoms with E-state index in [1.165, 1.54) is 30.3 Å². The van der Waals surface area contributed by atoms with Crippen molar-refractivity contribution in [2.45, 2.75) is 26.9 Å². The van der Waals surface area contributed by atoms with Crippen LogP contribution in [0.25, 0.3) is 22.4 Å². The first-order chi connectivity index (χ1) is 15.8. The quantitative estimate of drug-likeness (QED) is 0.446. The molecule has 0 saturated carbocycles. The third-order valence-electron chi connectivity index (χ3n) is 4.69. The molecule has 168 valence electrons. The minimum atomic E-state index is -2.78. The van der Waals surface area contributed by atoms with E-state index in [2.05, 4.69) is 24.9 Å². The van der Waals surface area contributed by atoms with Crippen LogP contribution < -0.4 is 10.5 Å². The highest BCUT2D eigenvalue weighted by Crippen LogP contribution is 2.39. The summed E-state index contributed by atoms with van der Waals surface area (Å²) in [6, 6.07) is 10.1. The maximum Gasteiger partial charge on any atom is 0.280 e. The molecule has 0 unspecified atom stereocenters. The fourth-order valence-corrected chi connectivity index (χ4v) is 3.32. The van der Waals surface area contributed by atoms with Crippen LogP contribution in [0.1, 0.15) is 29.3 Å². The fraction of sp³-hybridized carbons (Fsp3) is 0.174. The van der Waals surface area contributed by atoms with Gasteiger partial charge in [0.25, 0.3) is 6.43 Å². The molecule has 33 heavy (non-hydrogen) atoms. The van der Waals surface area contributed by atoms with Crippen molar-refractivity contribution in [2.75, 3.05) is 5.73 Å². The average molecular weight is 452 g/mol. The van der Waals surface area contributed by atoms with E-state index in [9.17, 15) is 13.2 Å². The van der Waals surface area contributed by atoms with E-state index in [-0.39, 0.29) is 18.4 Å². The van der Waals surface area contributed by atoms with Gasteiger partial charge in [0.1, 0.15) is 23.9 Å². The molecule has 2 N–H and O–H groups in total. The molecular weight excluding hydrogens is 433 g/mol. The molecule has 0 saturated heterocycles. The molecule has 3 heterocycles. The van der Waals surface area contributed by atoms with Crippen molar-refractivity contribution in [3.63, 3.8) is 0 Å². The molecule has 0 amide bonds. The van der Waals surface area contributed by atoms with Crippen LogP contribution in [0.5, 0.6) is 5.88 Å². The zero-order valence-electron chi connectivity index (χ0n) is 17.8. The number of nitrogen functional groups attached to an aromatic ring is 1. The van der Waals surface area contributed by atoms with E-state index in [4.69, 9.17) is 10.5 Å². The van der Waals surface area contributed by atoms with Crippen LogP contribution in [0.2, 0.25) is 0 Å². The Morgan fingerprint density at radius 3 is 2.39 bits per heavy atom. The third kappa shape index (κ3) is 5.05. The van der Waals surface area contributed by atoms with E-state index in [0.29, 0.717) is 39.6 Å². The number of halogens is 3. The van der Waals surface area contributed by atoms with Gasteiger partial charge in [0.05, 0.1) is 17.0 Å². The smallest absolute Gasteiger partial charge is 0.280 e. The molecule has 3 aromatic heterocycles. The lowest BCUT2D eigenvalue weighted by molar-refractivity contribution is 0.146. The van der Waals surface area contributed by atoms with Crippen LogP contribution in [-0.4, -0.2) is 24.9 Å². The standard InChI is InChI=1S/C23H19F3N6O/c1-12-9-15(10-18(29-12)21(25)26)19-20(14-3-5-16(24)6-4-14)31-23(27)32-22(19)33-11-17-7-8-28-13(2)30-17/h3-10,21H,11H2,1-2H3,(H2,27,31,32). The Kier molecular flexibility index (Phi) is 6.16. The van der Waals surface area contributed by atoms with Gasteiger partial charge in [-0.3, -0.25) is 4.98 Å². The lowest BCUT2D eigenvalue weighted by Gasteiger charge is -2.16. The first-order valence-electron chi connectivity index (χ1n) is 9.92. The third-order valence-corrected chi connectivity index (χ3v) is 4.69. The Balaban J connectivity index is 1.89. The average Bonchev–Trinajstić information content (AvgIpc) is 2.77. The normalized spacial score (nSPS) is 11.1. The number of hydrogen-bond donors (Lipinski definition) is 1. The second kappa shape index (κ2) is 9.19. The van der Waals surface area contributed by atoms with Crippen molar-refractivity contribution in [1.29, 1.82) is 0 Å². The molecule has 7 nitrogen and oxygen atoms in total. The Hall–Kier alpha value is -4.08. The van der Waals surface area contributed by atoms with Crippen molar-refractivity contribution in [3.05, 3.63) is 77.4 Å². The summed E-state index contributed by atoms with van der Waals surface area (Å²) in [5, 5.41) is 0. The SMILES string of the molecule is Cc1cc(-c2c(OCc3ccnc(C)n3)nc(N)nc2-c2ccc(F)cc2)cc(C(F)F)n1. The number of alkyl halides is 2. The molecule has 4 rings (SSSR count). The van der Waals surface area contributed by atoms with Gasteiger partial charge < -0.3 is 10.5 Å². The zero-order chi connectivity index (χ0) is 23.5. The molecule has 0 aliphatic rings. The van der Waals surface area contributed by atoms with Gasteiger partial charge in [-0.1, -0.05) is 0 Å². The van der Waals surface area contributed by atoms with E-state index in [0.717, 1.165) is 0 Å². The summed E-state index contributed by atoms with van der Waals surface area (Å²) in [5.41, 5.74) is 8.02. The maximum absolute atomic E-state index is 13.5. The number of aryl methyl sites for hydroxylation is 2. The maximum atomic E-state index is 13.5. The molecule has 1 aromatic carbocycles. The summed E-state index contributed by atoms with van der Waals surface area (Å²) in [7, 11) is 0. The second-order valence-corrected chi connectivity index (χ2v) is 7.22. The molecule has 0 bridgehead atoms. The Morgan fingerprint density at radius 1 is 0.939 bits per heavy atom. The van der Waals surface area contributed by atoms with Crippen LogP contribution in [-0.2, 0) is 6.61 Å². The summed E-state index contributed by atoms with van der Waals surface area (Å²) in [5.74, 6) is 0.116. The van der Waals surface area contributed by atoms with E-state index in [1.807, 2.05) is 0 Å². The minimum absolute atomic E-state index is 0.0292. The molecule has 4 aromatic rings. The fourth-order valence-electron chi connectivity index (χ4n) is 3.32. The number of nitrogens with two attached hydrogens (primary N) is 1. The number of pyridine rings is 1. The summed E-state index contributed by atoms with van der Waals surface area (Å²) >= 11 is 0. The first kappa shape index (κ1) is 22.1. The number of ether oxygens (including phenoxy) is 1. The Labute approximate surface area is 187 Å². The Bertz CT molecular complexity index is 1300. The zero-order valence-corrected chi connectivity index (χ0v) is 17.8. The van der Waals surface area contributed by atoms with E-state index >= 15 is 0 Å². The minimum Gasteiger partial charge on any atom is -0.471 e. The van der Waals surface area contributed by atoms with Crippen molar-refractivity contribution in [3.8, 4) is 28.3 Å². The highest BCUT2D eigenvalue weighted by molar-refractivity contribution is 5.85.